The number of piperidine rings is 1. The number of β-amino-alcohol motifs (C(OH)–C–C–N with tert-alkyl or cyclic N) is 1. The normalized spacial score (nSPS) is 16.7. The van der Waals surface area contributed by atoms with E-state index in [1.807, 2.05) is 19.1 Å². The SMILES string of the molecule is CC[C@H](NC(=O)Nc1cccc(C(C)=O)c1)[C@@H](O)CN1CCC(Cc2ccc(F)cc2)CC1. The van der Waals surface area contributed by atoms with Gasteiger partial charge in [-0.25, -0.2) is 9.18 Å². The molecule has 178 valence electrons. The molecule has 1 aliphatic rings. The van der Waals surface area contributed by atoms with Crippen LogP contribution in [-0.2, 0) is 6.42 Å². The van der Waals surface area contributed by atoms with Crippen molar-refractivity contribution in [3.05, 3.63) is 65.5 Å². The number of aliphatic hydroxyl groups is 1. The van der Waals surface area contributed by atoms with Gasteiger partial charge in [0.2, 0.25) is 0 Å². The maximum Gasteiger partial charge on any atom is 0.319 e. The van der Waals surface area contributed by atoms with Gasteiger partial charge in [0.1, 0.15) is 5.82 Å². The number of amides is 2. The molecule has 2 aromatic rings. The van der Waals surface area contributed by atoms with Crippen LogP contribution in [0.1, 0.15) is 49.0 Å². The maximum absolute atomic E-state index is 13.1. The van der Waals surface area contributed by atoms with Gasteiger partial charge in [0, 0.05) is 17.8 Å². The zero-order valence-corrected chi connectivity index (χ0v) is 19.4. The molecule has 1 heterocycles. The number of carbonyl (C=O) groups is 2. The monoisotopic (exact) mass is 455 g/mol. The Morgan fingerprint density at radius 3 is 2.48 bits per heavy atom. The van der Waals surface area contributed by atoms with E-state index in [9.17, 15) is 19.1 Å². The molecule has 1 saturated heterocycles. The highest BCUT2D eigenvalue weighted by molar-refractivity contribution is 5.96. The van der Waals surface area contributed by atoms with Crippen molar-refractivity contribution < 1.29 is 19.1 Å². The lowest BCUT2D eigenvalue weighted by Crippen LogP contribution is -2.50. The number of hydrogen-bond acceptors (Lipinski definition) is 4. The largest absolute Gasteiger partial charge is 0.390 e. The summed E-state index contributed by atoms with van der Waals surface area (Å²) in [5, 5.41) is 16.4. The quantitative estimate of drug-likeness (QED) is 0.494. The third-order valence-electron chi connectivity index (χ3n) is 6.34. The van der Waals surface area contributed by atoms with Crippen LogP contribution in [0.3, 0.4) is 0 Å². The van der Waals surface area contributed by atoms with E-state index in [4.69, 9.17) is 0 Å². The van der Waals surface area contributed by atoms with Gasteiger partial charge < -0.3 is 20.6 Å². The van der Waals surface area contributed by atoms with Crippen LogP contribution in [-0.4, -0.2) is 53.6 Å². The number of nitrogens with zero attached hydrogens (tertiary/aromatic N) is 1. The summed E-state index contributed by atoms with van der Waals surface area (Å²) in [6.45, 7) is 5.70. The second-order valence-electron chi connectivity index (χ2n) is 8.89. The van der Waals surface area contributed by atoms with E-state index in [0.29, 0.717) is 30.1 Å². The molecule has 1 fully saturated rings. The molecule has 33 heavy (non-hydrogen) atoms. The molecular weight excluding hydrogens is 421 g/mol. The maximum atomic E-state index is 13.1. The summed E-state index contributed by atoms with van der Waals surface area (Å²) in [7, 11) is 0. The molecule has 0 saturated carbocycles. The smallest absolute Gasteiger partial charge is 0.319 e. The molecule has 6 nitrogen and oxygen atoms in total. The van der Waals surface area contributed by atoms with Crippen LogP contribution in [0.15, 0.2) is 48.5 Å². The van der Waals surface area contributed by atoms with Gasteiger partial charge in [0.25, 0.3) is 0 Å². The topological polar surface area (TPSA) is 81.7 Å². The molecule has 0 aromatic heterocycles. The Balaban J connectivity index is 1.44. The van der Waals surface area contributed by atoms with Crippen LogP contribution in [0.25, 0.3) is 0 Å². The zero-order chi connectivity index (χ0) is 23.8. The molecular formula is C26H34FN3O3. The summed E-state index contributed by atoms with van der Waals surface area (Å²) in [6, 6.07) is 12.7. The van der Waals surface area contributed by atoms with Crippen LogP contribution in [0.4, 0.5) is 14.9 Å². The van der Waals surface area contributed by atoms with Crippen molar-refractivity contribution in [3.63, 3.8) is 0 Å². The summed E-state index contributed by atoms with van der Waals surface area (Å²) in [5.41, 5.74) is 2.22. The van der Waals surface area contributed by atoms with E-state index in [0.717, 1.165) is 37.9 Å². The van der Waals surface area contributed by atoms with Crippen molar-refractivity contribution in [3.8, 4) is 0 Å². The average Bonchev–Trinajstić information content (AvgIpc) is 2.80. The highest BCUT2D eigenvalue weighted by Crippen LogP contribution is 2.22. The third kappa shape index (κ3) is 7.65. The van der Waals surface area contributed by atoms with E-state index < -0.39 is 12.1 Å². The lowest BCUT2D eigenvalue weighted by molar-refractivity contribution is 0.0649. The second kappa shape index (κ2) is 11.9. The van der Waals surface area contributed by atoms with Crippen LogP contribution in [0, 0.1) is 11.7 Å². The van der Waals surface area contributed by atoms with Gasteiger partial charge in [-0.1, -0.05) is 31.2 Å². The number of aliphatic hydroxyl groups excluding tert-OH is 1. The second-order valence-corrected chi connectivity index (χ2v) is 8.89. The number of halogens is 1. The summed E-state index contributed by atoms with van der Waals surface area (Å²) in [6.07, 6.45) is 2.92. The van der Waals surface area contributed by atoms with Crippen molar-refractivity contribution in [2.24, 2.45) is 5.92 Å². The van der Waals surface area contributed by atoms with Crippen LogP contribution >= 0.6 is 0 Å². The van der Waals surface area contributed by atoms with Crippen LogP contribution in [0.5, 0.6) is 0 Å². The molecule has 0 spiro atoms. The molecule has 0 unspecified atom stereocenters. The lowest BCUT2D eigenvalue weighted by Gasteiger charge is -2.35. The summed E-state index contributed by atoms with van der Waals surface area (Å²) in [4.78, 5) is 26.2. The predicted molar refractivity (Wildman–Crippen MR) is 128 cm³/mol. The molecule has 7 heteroatoms. The number of nitrogens with one attached hydrogen (secondary N) is 2. The molecule has 0 aliphatic carbocycles. The summed E-state index contributed by atoms with van der Waals surface area (Å²) in [5.74, 6) is 0.280. The summed E-state index contributed by atoms with van der Waals surface area (Å²) >= 11 is 0. The molecule has 3 rings (SSSR count). The van der Waals surface area contributed by atoms with Gasteiger partial charge in [-0.15, -0.1) is 0 Å². The van der Waals surface area contributed by atoms with Crippen molar-refractivity contribution in [2.45, 2.75) is 51.7 Å². The predicted octanol–water partition coefficient (Wildman–Crippen LogP) is 4.24. The number of rotatable bonds is 9. The first kappa shape index (κ1) is 24.9. The first-order valence-corrected chi connectivity index (χ1v) is 11.7. The van der Waals surface area contributed by atoms with Crippen molar-refractivity contribution in [1.82, 2.24) is 10.2 Å². The minimum absolute atomic E-state index is 0.0673. The highest BCUT2D eigenvalue weighted by Gasteiger charge is 2.25. The van der Waals surface area contributed by atoms with E-state index in [-0.39, 0.29) is 17.6 Å². The van der Waals surface area contributed by atoms with Crippen molar-refractivity contribution in [1.29, 1.82) is 0 Å². The first-order valence-electron chi connectivity index (χ1n) is 11.7. The summed E-state index contributed by atoms with van der Waals surface area (Å²) < 4.78 is 13.1. The number of urea groups is 1. The Morgan fingerprint density at radius 2 is 1.85 bits per heavy atom. The number of ketones is 1. The third-order valence-corrected chi connectivity index (χ3v) is 6.34. The fraction of sp³-hybridized carbons (Fsp3) is 0.462. The van der Waals surface area contributed by atoms with E-state index >= 15 is 0 Å². The van der Waals surface area contributed by atoms with Crippen molar-refractivity contribution in [2.75, 3.05) is 25.0 Å². The van der Waals surface area contributed by atoms with Crippen LogP contribution < -0.4 is 10.6 Å². The standard InChI is InChI=1S/C26H34FN3O3/c1-3-24(29-26(33)28-23-6-4-5-21(16-23)18(2)31)25(32)17-30-13-11-20(12-14-30)15-19-7-9-22(27)10-8-19/h4-10,16,20,24-25,32H,3,11-15,17H2,1-2H3,(H2,28,29,33)/t24-,25-/m0/s1. The Hall–Kier alpha value is -2.77. The van der Waals surface area contributed by atoms with Gasteiger partial charge in [-0.05, 0) is 81.4 Å². The Kier molecular flexibility index (Phi) is 8.97. The molecule has 2 atom stereocenters. The van der Waals surface area contributed by atoms with Gasteiger partial charge in [-0.2, -0.15) is 0 Å². The van der Waals surface area contributed by atoms with Gasteiger partial charge in [-0.3, -0.25) is 4.79 Å². The number of anilines is 1. The van der Waals surface area contributed by atoms with Crippen LogP contribution in [0.2, 0.25) is 0 Å². The molecule has 0 radical (unpaired) electrons. The molecule has 1 aliphatic heterocycles. The molecule has 3 N–H and O–H groups in total. The van der Waals surface area contributed by atoms with Gasteiger partial charge in [0.05, 0.1) is 12.1 Å². The fourth-order valence-electron chi connectivity index (χ4n) is 4.34. The number of likely N-dealkylation sites (tertiary alicyclic amines) is 1. The first-order chi connectivity index (χ1) is 15.8. The number of Topliss-reactive ketones (excluding diaryl/α,β-unsaturated/α-hetero) is 1. The minimum Gasteiger partial charge on any atom is -0.390 e. The van der Waals surface area contributed by atoms with Gasteiger partial charge in [0.15, 0.2) is 5.78 Å². The minimum atomic E-state index is -0.682. The number of hydrogen-bond donors (Lipinski definition) is 3. The van der Waals surface area contributed by atoms with Gasteiger partial charge >= 0.3 is 6.03 Å². The Labute approximate surface area is 195 Å². The Morgan fingerprint density at radius 1 is 1.15 bits per heavy atom. The number of benzene rings is 2. The Bertz CT molecular complexity index is 927. The molecule has 2 amide bonds. The molecule has 2 aromatic carbocycles. The van der Waals surface area contributed by atoms with E-state index in [1.165, 1.54) is 19.1 Å². The van der Waals surface area contributed by atoms with Crippen molar-refractivity contribution >= 4 is 17.5 Å². The van der Waals surface area contributed by atoms with E-state index in [2.05, 4.69) is 15.5 Å². The number of carbonyl (C=O) groups excluding carboxylic acids is 2. The lowest BCUT2D eigenvalue weighted by atomic mass is 9.90. The highest BCUT2D eigenvalue weighted by atomic mass is 19.1. The average molecular weight is 456 g/mol. The zero-order valence-electron chi connectivity index (χ0n) is 19.4. The molecule has 0 bridgehead atoms. The van der Waals surface area contributed by atoms with E-state index in [1.54, 1.807) is 24.3 Å². The fourth-order valence-corrected chi connectivity index (χ4v) is 4.34.